The fraction of sp³-hybridized carbons (Fsp3) is 0.0625. The highest BCUT2D eigenvalue weighted by Crippen LogP contribution is 2.27. The van der Waals surface area contributed by atoms with E-state index < -0.39 is 0 Å². The molecule has 4 nitrogen and oxygen atoms in total. The highest BCUT2D eigenvalue weighted by Gasteiger charge is 2.13. The highest BCUT2D eigenvalue weighted by molar-refractivity contribution is 7.14. The smallest absolute Gasteiger partial charge is 0.230 e. The van der Waals surface area contributed by atoms with E-state index in [4.69, 9.17) is 23.2 Å². The second-order valence-electron chi connectivity index (χ2n) is 4.70. The molecule has 2 heterocycles. The molecule has 1 aromatic carbocycles. The Hall–Kier alpha value is -1.95. The molecule has 0 unspecified atom stereocenters. The van der Waals surface area contributed by atoms with Gasteiger partial charge in [-0.3, -0.25) is 9.78 Å². The van der Waals surface area contributed by atoms with Crippen molar-refractivity contribution >= 4 is 45.6 Å². The van der Waals surface area contributed by atoms with Crippen molar-refractivity contribution < 1.29 is 4.79 Å². The van der Waals surface area contributed by atoms with Gasteiger partial charge in [-0.25, -0.2) is 4.98 Å². The number of anilines is 1. The maximum Gasteiger partial charge on any atom is 0.230 e. The van der Waals surface area contributed by atoms with Gasteiger partial charge in [0.15, 0.2) is 5.13 Å². The number of amides is 1. The van der Waals surface area contributed by atoms with Gasteiger partial charge in [0, 0.05) is 33.4 Å². The van der Waals surface area contributed by atoms with E-state index in [-0.39, 0.29) is 12.3 Å². The molecular formula is C16H11Cl2N3OS. The van der Waals surface area contributed by atoms with Crippen LogP contribution in [0.2, 0.25) is 10.0 Å². The molecule has 1 amide bonds. The van der Waals surface area contributed by atoms with Gasteiger partial charge < -0.3 is 5.32 Å². The number of carbonyl (C=O) groups is 1. The summed E-state index contributed by atoms with van der Waals surface area (Å²) in [4.78, 5) is 20.5. The first-order valence-corrected chi connectivity index (χ1v) is 8.35. The number of nitrogens with zero attached hydrogens (tertiary/aromatic N) is 2. The van der Waals surface area contributed by atoms with Crippen LogP contribution in [0.25, 0.3) is 11.3 Å². The summed E-state index contributed by atoms with van der Waals surface area (Å²) in [5.41, 5.74) is 2.36. The zero-order chi connectivity index (χ0) is 16.2. The molecule has 2 aromatic heterocycles. The number of benzene rings is 1. The van der Waals surface area contributed by atoms with Crippen LogP contribution in [0.1, 0.15) is 5.56 Å². The lowest BCUT2D eigenvalue weighted by Crippen LogP contribution is -2.14. The van der Waals surface area contributed by atoms with Crippen molar-refractivity contribution in [2.45, 2.75) is 6.42 Å². The van der Waals surface area contributed by atoms with E-state index in [1.54, 1.807) is 30.6 Å². The van der Waals surface area contributed by atoms with Gasteiger partial charge in [-0.1, -0.05) is 29.3 Å². The Labute approximate surface area is 147 Å². The summed E-state index contributed by atoms with van der Waals surface area (Å²) in [6.07, 6.45) is 3.50. The fourth-order valence-corrected chi connectivity index (χ4v) is 3.28. The number of hydrogen-bond acceptors (Lipinski definition) is 4. The zero-order valence-corrected chi connectivity index (χ0v) is 14.1. The number of nitrogens with one attached hydrogen (secondary N) is 1. The average molecular weight is 364 g/mol. The summed E-state index contributed by atoms with van der Waals surface area (Å²) >= 11 is 13.5. The minimum atomic E-state index is -0.212. The molecular weight excluding hydrogens is 353 g/mol. The standard InChI is InChI=1S/C16H11Cl2N3OS/c17-12-2-1-3-13(18)11(12)8-15(22)21-16-20-14(9-23-16)10-4-6-19-7-5-10/h1-7,9H,8H2,(H,20,21,22). The summed E-state index contributed by atoms with van der Waals surface area (Å²) in [5, 5.41) is 6.14. The Morgan fingerprint density at radius 2 is 1.83 bits per heavy atom. The molecule has 3 rings (SSSR count). The van der Waals surface area contributed by atoms with Gasteiger partial charge in [-0.05, 0) is 29.8 Å². The SMILES string of the molecule is O=C(Cc1c(Cl)cccc1Cl)Nc1nc(-c2ccncc2)cs1. The lowest BCUT2D eigenvalue weighted by atomic mass is 10.1. The number of pyridine rings is 1. The maximum atomic E-state index is 12.2. The van der Waals surface area contributed by atoms with Crippen molar-refractivity contribution in [3.63, 3.8) is 0 Å². The monoisotopic (exact) mass is 363 g/mol. The molecule has 0 atom stereocenters. The predicted molar refractivity (Wildman–Crippen MR) is 94.1 cm³/mol. The lowest BCUT2D eigenvalue weighted by Gasteiger charge is -2.06. The Bertz CT molecular complexity index is 816. The van der Waals surface area contributed by atoms with Crippen LogP contribution in [0, 0.1) is 0 Å². The van der Waals surface area contributed by atoms with Gasteiger partial charge in [0.25, 0.3) is 0 Å². The molecule has 0 saturated heterocycles. The second-order valence-corrected chi connectivity index (χ2v) is 6.37. The topological polar surface area (TPSA) is 54.9 Å². The molecule has 0 aliphatic carbocycles. The number of aromatic nitrogens is 2. The minimum absolute atomic E-state index is 0.0999. The van der Waals surface area contributed by atoms with Crippen molar-refractivity contribution in [2.75, 3.05) is 5.32 Å². The average Bonchev–Trinajstić information content (AvgIpc) is 3.00. The summed E-state index contributed by atoms with van der Waals surface area (Å²) in [6, 6.07) is 8.89. The predicted octanol–water partition coefficient (Wildman–Crippen LogP) is 4.69. The van der Waals surface area contributed by atoms with Crippen LogP contribution in [-0.4, -0.2) is 15.9 Å². The van der Waals surface area contributed by atoms with E-state index in [9.17, 15) is 4.79 Å². The number of rotatable bonds is 4. The van der Waals surface area contributed by atoms with Crippen molar-refractivity contribution in [3.8, 4) is 11.3 Å². The van der Waals surface area contributed by atoms with Crippen LogP contribution in [0.3, 0.4) is 0 Å². The van der Waals surface area contributed by atoms with E-state index in [2.05, 4.69) is 15.3 Å². The lowest BCUT2D eigenvalue weighted by molar-refractivity contribution is -0.115. The third-order valence-corrected chi connectivity index (χ3v) is 4.59. The minimum Gasteiger partial charge on any atom is -0.302 e. The van der Waals surface area contributed by atoms with Gasteiger partial charge in [0.2, 0.25) is 5.91 Å². The van der Waals surface area contributed by atoms with Crippen LogP contribution < -0.4 is 5.32 Å². The number of halogens is 2. The molecule has 1 N–H and O–H groups in total. The van der Waals surface area contributed by atoms with Crippen molar-refractivity contribution in [1.29, 1.82) is 0 Å². The molecule has 0 radical (unpaired) electrons. The van der Waals surface area contributed by atoms with Crippen LogP contribution in [0.5, 0.6) is 0 Å². The van der Waals surface area contributed by atoms with Crippen LogP contribution in [0.15, 0.2) is 48.1 Å². The van der Waals surface area contributed by atoms with Gasteiger partial charge >= 0.3 is 0 Å². The zero-order valence-electron chi connectivity index (χ0n) is 11.8. The molecule has 7 heteroatoms. The molecule has 0 saturated carbocycles. The first kappa shape index (κ1) is 15.9. The summed E-state index contributed by atoms with van der Waals surface area (Å²) in [5.74, 6) is -0.212. The Morgan fingerprint density at radius 3 is 2.52 bits per heavy atom. The second kappa shape index (κ2) is 7.08. The number of thiazole rings is 1. The maximum absolute atomic E-state index is 12.2. The normalized spacial score (nSPS) is 10.5. The van der Waals surface area contributed by atoms with Crippen LogP contribution in [-0.2, 0) is 11.2 Å². The molecule has 3 aromatic rings. The van der Waals surface area contributed by atoms with Crippen LogP contribution in [0.4, 0.5) is 5.13 Å². The van der Waals surface area contributed by atoms with E-state index >= 15 is 0 Å². The van der Waals surface area contributed by atoms with Crippen molar-refractivity contribution in [1.82, 2.24) is 9.97 Å². The first-order valence-electron chi connectivity index (χ1n) is 6.72. The van der Waals surface area contributed by atoms with E-state index in [1.165, 1.54) is 11.3 Å². The largest absolute Gasteiger partial charge is 0.302 e. The fourth-order valence-electron chi connectivity index (χ4n) is 2.01. The highest BCUT2D eigenvalue weighted by atomic mass is 35.5. The van der Waals surface area contributed by atoms with Crippen molar-refractivity contribution in [2.24, 2.45) is 0 Å². The summed E-state index contributed by atoms with van der Waals surface area (Å²) in [7, 11) is 0. The van der Waals surface area contributed by atoms with Gasteiger partial charge in [0.05, 0.1) is 12.1 Å². The first-order chi connectivity index (χ1) is 11.1. The third kappa shape index (κ3) is 3.88. The quantitative estimate of drug-likeness (QED) is 0.731. The Morgan fingerprint density at radius 1 is 1.13 bits per heavy atom. The molecule has 116 valence electrons. The molecule has 0 bridgehead atoms. The molecule has 0 aliphatic rings. The molecule has 0 fully saturated rings. The van der Waals surface area contributed by atoms with Crippen LogP contribution >= 0.6 is 34.5 Å². The van der Waals surface area contributed by atoms with Gasteiger partial charge in [0.1, 0.15) is 0 Å². The number of carbonyl (C=O) groups excluding carboxylic acids is 1. The van der Waals surface area contributed by atoms with Crippen molar-refractivity contribution in [3.05, 3.63) is 63.7 Å². The molecule has 23 heavy (non-hydrogen) atoms. The third-order valence-electron chi connectivity index (χ3n) is 3.13. The van der Waals surface area contributed by atoms with E-state index in [0.29, 0.717) is 20.7 Å². The summed E-state index contributed by atoms with van der Waals surface area (Å²) in [6.45, 7) is 0. The van der Waals surface area contributed by atoms with Gasteiger partial charge in [-0.2, -0.15) is 0 Å². The Kier molecular flexibility index (Phi) is 4.91. The van der Waals surface area contributed by atoms with Gasteiger partial charge in [-0.15, -0.1) is 11.3 Å². The van der Waals surface area contributed by atoms with E-state index in [0.717, 1.165) is 11.3 Å². The summed E-state index contributed by atoms with van der Waals surface area (Å²) < 4.78 is 0. The molecule has 0 spiro atoms. The van der Waals surface area contributed by atoms with E-state index in [1.807, 2.05) is 17.5 Å². The number of hydrogen-bond donors (Lipinski definition) is 1. The Balaban J connectivity index is 1.70. The molecule has 0 aliphatic heterocycles.